The van der Waals surface area contributed by atoms with Gasteiger partial charge in [0.05, 0.1) is 6.42 Å². The summed E-state index contributed by atoms with van der Waals surface area (Å²) in [5, 5.41) is 5.52. The fourth-order valence-corrected chi connectivity index (χ4v) is 2.18. The SMILES string of the molecule is CC(=O)Nc1ccc(NC(=O)Cc2cc(C)[nH]c2C)cc1. The maximum atomic E-state index is 12.0. The number of anilines is 2. The van der Waals surface area contributed by atoms with Gasteiger partial charge < -0.3 is 15.6 Å². The van der Waals surface area contributed by atoms with Crippen LogP contribution in [0.1, 0.15) is 23.9 Å². The highest BCUT2D eigenvalue weighted by Crippen LogP contribution is 2.15. The number of aromatic nitrogens is 1. The molecule has 0 aliphatic heterocycles. The molecule has 3 N–H and O–H groups in total. The van der Waals surface area contributed by atoms with Crippen LogP contribution in [-0.2, 0) is 16.0 Å². The number of nitrogens with one attached hydrogen (secondary N) is 3. The van der Waals surface area contributed by atoms with Gasteiger partial charge in [-0.3, -0.25) is 9.59 Å². The number of carbonyl (C=O) groups is 2. The summed E-state index contributed by atoms with van der Waals surface area (Å²) in [4.78, 5) is 26.1. The fraction of sp³-hybridized carbons (Fsp3) is 0.250. The van der Waals surface area contributed by atoms with E-state index in [0.29, 0.717) is 17.8 Å². The largest absolute Gasteiger partial charge is 0.362 e. The highest BCUT2D eigenvalue weighted by Gasteiger charge is 2.08. The van der Waals surface area contributed by atoms with Gasteiger partial charge in [0, 0.05) is 29.7 Å². The number of H-pyrrole nitrogens is 1. The summed E-state index contributed by atoms with van der Waals surface area (Å²) >= 11 is 0. The van der Waals surface area contributed by atoms with Crippen LogP contribution in [0.5, 0.6) is 0 Å². The smallest absolute Gasteiger partial charge is 0.228 e. The van der Waals surface area contributed by atoms with E-state index in [1.165, 1.54) is 6.92 Å². The number of carbonyl (C=O) groups excluding carboxylic acids is 2. The van der Waals surface area contributed by atoms with E-state index < -0.39 is 0 Å². The second kappa shape index (κ2) is 6.26. The molecule has 21 heavy (non-hydrogen) atoms. The minimum atomic E-state index is -0.120. The van der Waals surface area contributed by atoms with E-state index in [4.69, 9.17) is 0 Å². The average molecular weight is 285 g/mol. The molecule has 0 aliphatic rings. The van der Waals surface area contributed by atoms with Crippen LogP contribution in [0.3, 0.4) is 0 Å². The predicted molar refractivity (Wildman–Crippen MR) is 83.3 cm³/mol. The van der Waals surface area contributed by atoms with Crippen molar-refractivity contribution in [3.63, 3.8) is 0 Å². The van der Waals surface area contributed by atoms with E-state index >= 15 is 0 Å². The molecule has 0 spiro atoms. The van der Waals surface area contributed by atoms with Crippen LogP contribution in [0.2, 0.25) is 0 Å². The van der Waals surface area contributed by atoms with Gasteiger partial charge in [-0.2, -0.15) is 0 Å². The molecule has 1 aromatic heterocycles. The Labute approximate surface area is 123 Å². The first-order chi connectivity index (χ1) is 9.94. The first kappa shape index (κ1) is 14.8. The lowest BCUT2D eigenvalue weighted by atomic mass is 10.1. The molecule has 0 aliphatic carbocycles. The number of aromatic amines is 1. The summed E-state index contributed by atoms with van der Waals surface area (Å²) in [5.41, 5.74) is 4.48. The molecule has 0 radical (unpaired) electrons. The van der Waals surface area contributed by atoms with Crippen LogP contribution < -0.4 is 10.6 Å². The summed E-state index contributed by atoms with van der Waals surface area (Å²) in [6.07, 6.45) is 0.337. The minimum Gasteiger partial charge on any atom is -0.362 e. The van der Waals surface area contributed by atoms with Crippen molar-refractivity contribution in [2.45, 2.75) is 27.2 Å². The Morgan fingerprint density at radius 2 is 1.62 bits per heavy atom. The predicted octanol–water partition coefficient (Wildman–Crippen LogP) is 2.77. The maximum Gasteiger partial charge on any atom is 0.228 e. The van der Waals surface area contributed by atoms with Crippen molar-refractivity contribution in [3.8, 4) is 0 Å². The van der Waals surface area contributed by atoms with E-state index in [1.807, 2.05) is 19.9 Å². The van der Waals surface area contributed by atoms with E-state index in [-0.39, 0.29) is 11.8 Å². The summed E-state index contributed by atoms with van der Waals surface area (Å²) < 4.78 is 0. The Morgan fingerprint density at radius 1 is 1.05 bits per heavy atom. The van der Waals surface area contributed by atoms with Crippen molar-refractivity contribution in [3.05, 3.63) is 47.3 Å². The monoisotopic (exact) mass is 285 g/mol. The highest BCUT2D eigenvalue weighted by molar-refractivity contribution is 5.93. The van der Waals surface area contributed by atoms with Crippen molar-refractivity contribution >= 4 is 23.2 Å². The minimum absolute atomic E-state index is 0.0654. The summed E-state index contributed by atoms with van der Waals surface area (Å²) in [6, 6.07) is 9.01. The van der Waals surface area contributed by atoms with E-state index in [2.05, 4.69) is 15.6 Å². The van der Waals surface area contributed by atoms with Gasteiger partial charge in [0.2, 0.25) is 11.8 Å². The zero-order valence-corrected chi connectivity index (χ0v) is 12.4. The van der Waals surface area contributed by atoms with Crippen LogP contribution in [0.15, 0.2) is 30.3 Å². The van der Waals surface area contributed by atoms with Gasteiger partial charge in [-0.15, -0.1) is 0 Å². The number of aryl methyl sites for hydroxylation is 2. The molecule has 0 unspecified atom stereocenters. The lowest BCUT2D eigenvalue weighted by Gasteiger charge is -2.07. The molecule has 5 heteroatoms. The molecule has 2 rings (SSSR count). The van der Waals surface area contributed by atoms with Crippen LogP contribution in [-0.4, -0.2) is 16.8 Å². The molecule has 0 saturated carbocycles. The van der Waals surface area contributed by atoms with Crippen molar-refractivity contribution in [2.24, 2.45) is 0 Å². The quantitative estimate of drug-likeness (QED) is 0.808. The Morgan fingerprint density at radius 3 is 2.10 bits per heavy atom. The van der Waals surface area contributed by atoms with Gasteiger partial charge >= 0.3 is 0 Å². The molecule has 110 valence electrons. The van der Waals surface area contributed by atoms with Gasteiger partial charge in [-0.25, -0.2) is 0 Å². The van der Waals surface area contributed by atoms with Gasteiger partial charge in [0.25, 0.3) is 0 Å². The van der Waals surface area contributed by atoms with Crippen LogP contribution in [0, 0.1) is 13.8 Å². The standard InChI is InChI=1S/C16H19N3O2/c1-10-8-13(11(2)17-10)9-16(21)19-15-6-4-14(5-7-15)18-12(3)20/h4-8,17H,9H2,1-3H3,(H,18,20)(H,19,21). The highest BCUT2D eigenvalue weighted by atomic mass is 16.2. The van der Waals surface area contributed by atoms with Crippen LogP contribution in [0.25, 0.3) is 0 Å². The topological polar surface area (TPSA) is 74.0 Å². The van der Waals surface area contributed by atoms with E-state index in [9.17, 15) is 9.59 Å². The molecule has 0 bridgehead atoms. The van der Waals surface area contributed by atoms with Gasteiger partial charge in [-0.05, 0) is 49.7 Å². The molecular weight excluding hydrogens is 266 g/mol. The average Bonchev–Trinajstić information content (AvgIpc) is 2.69. The molecule has 1 heterocycles. The zero-order chi connectivity index (χ0) is 15.4. The Hall–Kier alpha value is -2.56. The first-order valence-corrected chi connectivity index (χ1v) is 6.76. The van der Waals surface area contributed by atoms with E-state index in [1.54, 1.807) is 24.3 Å². The second-order valence-corrected chi connectivity index (χ2v) is 5.09. The van der Waals surface area contributed by atoms with Gasteiger partial charge in [0.1, 0.15) is 0 Å². The van der Waals surface area contributed by atoms with Crippen molar-refractivity contribution in [1.29, 1.82) is 0 Å². The van der Waals surface area contributed by atoms with Crippen molar-refractivity contribution in [1.82, 2.24) is 4.98 Å². The maximum absolute atomic E-state index is 12.0. The molecule has 5 nitrogen and oxygen atoms in total. The molecule has 0 saturated heterocycles. The number of hydrogen-bond donors (Lipinski definition) is 3. The number of benzene rings is 1. The summed E-state index contributed by atoms with van der Waals surface area (Å²) in [6.45, 7) is 5.38. The number of amides is 2. The normalized spacial score (nSPS) is 10.2. The molecular formula is C16H19N3O2. The van der Waals surface area contributed by atoms with Crippen LogP contribution in [0.4, 0.5) is 11.4 Å². The number of hydrogen-bond acceptors (Lipinski definition) is 2. The van der Waals surface area contributed by atoms with Crippen molar-refractivity contribution in [2.75, 3.05) is 10.6 Å². The third kappa shape index (κ3) is 4.21. The Kier molecular flexibility index (Phi) is 4.42. The second-order valence-electron chi connectivity index (χ2n) is 5.09. The Balaban J connectivity index is 1.96. The lowest BCUT2D eigenvalue weighted by Crippen LogP contribution is -2.14. The Bertz CT molecular complexity index is 657. The third-order valence-electron chi connectivity index (χ3n) is 3.10. The molecule has 0 atom stereocenters. The molecule has 2 aromatic rings. The lowest BCUT2D eigenvalue weighted by molar-refractivity contribution is -0.116. The molecule has 2 amide bonds. The van der Waals surface area contributed by atoms with E-state index in [0.717, 1.165) is 17.0 Å². The summed E-state index contributed by atoms with van der Waals surface area (Å²) in [5.74, 6) is -0.186. The van der Waals surface area contributed by atoms with Crippen LogP contribution >= 0.6 is 0 Å². The third-order valence-corrected chi connectivity index (χ3v) is 3.10. The number of rotatable bonds is 4. The molecule has 1 aromatic carbocycles. The zero-order valence-electron chi connectivity index (χ0n) is 12.4. The fourth-order valence-electron chi connectivity index (χ4n) is 2.18. The van der Waals surface area contributed by atoms with Gasteiger partial charge in [-0.1, -0.05) is 0 Å². The molecule has 0 fully saturated rings. The first-order valence-electron chi connectivity index (χ1n) is 6.76. The summed E-state index contributed by atoms with van der Waals surface area (Å²) in [7, 11) is 0. The van der Waals surface area contributed by atoms with Gasteiger partial charge in [0.15, 0.2) is 0 Å². The van der Waals surface area contributed by atoms with Crippen molar-refractivity contribution < 1.29 is 9.59 Å².